The molecule has 102 valence electrons. The molecule has 0 saturated heterocycles. The van der Waals surface area contributed by atoms with E-state index in [2.05, 4.69) is 9.88 Å². The van der Waals surface area contributed by atoms with Gasteiger partial charge in [0.25, 0.3) is 0 Å². The third kappa shape index (κ3) is 2.96. The highest BCUT2D eigenvalue weighted by Crippen LogP contribution is 2.22. The number of fused-ring (bicyclic) bond motifs is 1. The Morgan fingerprint density at radius 3 is 2.68 bits per heavy atom. The summed E-state index contributed by atoms with van der Waals surface area (Å²) in [6.45, 7) is 3.84. The van der Waals surface area contributed by atoms with Crippen molar-refractivity contribution in [3.05, 3.63) is 30.0 Å². The first-order valence-electron chi connectivity index (χ1n) is 6.01. The quantitative estimate of drug-likeness (QED) is 0.686. The molecule has 3 N–H and O–H groups in total. The van der Waals surface area contributed by atoms with Gasteiger partial charge in [-0.3, -0.25) is 4.79 Å². The molecule has 1 aromatic heterocycles. The monoisotopic (exact) mass is 279 g/mol. The van der Waals surface area contributed by atoms with Crippen LogP contribution in [0.1, 0.15) is 19.0 Å². The summed E-state index contributed by atoms with van der Waals surface area (Å²) in [7, 11) is 2.00. The van der Waals surface area contributed by atoms with Gasteiger partial charge in [-0.15, -0.1) is 0 Å². The summed E-state index contributed by atoms with van der Waals surface area (Å²) in [4.78, 5) is 11.4. The van der Waals surface area contributed by atoms with Crippen molar-refractivity contribution in [2.45, 2.75) is 20.3 Å². The Labute approximate surface area is 119 Å². The summed E-state index contributed by atoms with van der Waals surface area (Å²) < 4.78 is 2.08. The van der Waals surface area contributed by atoms with E-state index in [-0.39, 0.29) is 18.3 Å². The van der Waals surface area contributed by atoms with E-state index in [4.69, 9.17) is 5.73 Å². The Morgan fingerprint density at radius 1 is 1.37 bits per heavy atom. The molecule has 5 heteroatoms. The predicted octanol–water partition coefficient (Wildman–Crippen LogP) is -1.09. The lowest BCUT2D eigenvalue weighted by Crippen LogP contribution is -3.00. The molecule has 0 aliphatic rings. The van der Waals surface area contributed by atoms with Gasteiger partial charge in [-0.1, -0.05) is 6.92 Å². The zero-order valence-corrected chi connectivity index (χ0v) is 12.1. The van der Waals surface area contributed by atoms with Crippen molar-refractivity contribution in [1.82, 2.24) is 0 Å². The van der Waals surface area contributed by atoms with Crippen LogP contribution in [0.2, 0.25) is 0 Å². The van der Waals surface area contributed by atoms with E-state index in [1.165, 1.54) is 0 Å². The molecule has 0 atom stereocenters. The Morgan fingerprint density at radius 2 is 2.05 bits per heavy atom. The molecule has 4 nitrogen and oxygen atoms in total. The van der Waals surface area contributed by atoms with Crippen LogP contribution in [0.15, 0.2) is 24.3 Å². The maximum Gasteiger partial charge on any atom is 0.224 e. The Bertz CT molecular complexity index is 626. The van der Waals surface area contributed by atoms with E-state index in [1.54, 1.807) is 0 Å². The molecule has 0 unspecified atom stereocenters. The fourth-order valence-corrected chi connectivity index (χ4v) is 1.98. The minimum atomic E-state index is 0. The second-order valence-corrected chi connectivity index (χ2v) is 4.43. The molecule has 2 rings (SSSR count). The van der Waals surface area contributed by atoms with Crippen LogP contribution in [-0.2, 0) is 11.8 Å². The molecular weight excluding hydrogens is 262 g/mol. The largest absolute Gasteiger partial charge is 1.00 e. The lowest BCUT2D eigenvalue weighted by molar-refractivity contribution is -0.651. The van der Waals surface area contributed by atoms with Crippen molar-refractivity contribution in [2.24, 2.45) is 7.05 Å². The molecule has 1 heterocycles. The molecule has 0 fully saturated rings. The normalized spacial score (nSPS) is 10.1. The lowest BCUT2D eigenvalue weighted by Gasteiger charge is -2.07. The third-order valence-electron chi connectivity index (χ3n) is 3.17. The SMILES string of the molecule is CCC(=O)Nc1ccc2c(c1)c(N)cc(C)[n+]2C.[Cl-]. The molecule has 1 amide bonds. The molecule has 0 saturated carbocycles. The average Bonchev–Trinajstić information content (AvgIpc) is 2.36. The molecule has 0 spiro atoms. The summed E-state index contributed by atoms with van der Waals surface area (Å²) in [6.07, 6.45) is 0.467. The highest BCUT2D eigenvalue weighted by atomic mass is 35.5. The molecule has 0 radical (unpaired) electrons. The van der Waals surface area contributed by atoms with E-state index < -0.39 is 0 Å². The van der Waals surface area contributed by atoms with E-state index in [0.717, 1.165) is 28.0 Å². The number of carbonyl (C=O) groups is 1. The van der Waals surface area contributed by atoms with Gasteiger partial charge in [0.15, 0.2) is 5.69 Å². The van der Waals surface area contributed by atoms with Gasteiger partial charge in [0.1, 0.15) is 7.05 Å². The van der Waals surface area contributed by atoms with Crippen LogP contribution in [0.25, 0.3) is 10.9 Å². The maximum absolute atomic E-state index is 11.4. The van der Waals surface area contributed by atoms with E-state index >= 15 is 0 Å². The van der Waals surface area contributed by atoms with Crippen LogP contribution in [0.5, 0.6) is 0 Å². The zero-order chi connectivity index (χ0) is 13.3. The van der Waals surface area contributed by atoms with Crippen molar-refractivity contribution in [1.29, 1.82) is 0 Å². The van der Waals surface area contributed by atoms with Crippen LogP contribution in [0.4, 0.5) is 11.4 Å². The maximum atomic E-state index is 11.4. The number of nitrogen functional groups attached to an aromatic ring is 1. The van der Waals surface area contributed by atoms with E-state index in [1.807, 2.05) is 45.2 Å². The number of nitrogens with zero attached hydrogens (tertiary/aromatic N) is 1. The van der Waals surface area contributed by atoms with Gasteiger partial charge in [0, 0.05) is 31.2 Å². The minimum Gasteiger partial charge on any atom is -1.00 e. The number of pyridine rings is 1. The van der Waals surface area contributed by atoms with Crippen molar-refractivity contribution in [3.63, 3.8) is 0 Å². The van der Waals surface area contributed by atoms with Crippen LogP contribution in [-0.4, -0.2) is 5.91 Å². The van der Waals surface area contributed by atoms with E-state index in [9.17, 15) is 4.79 Å². The fraction of sp³-hybridized carbons (Fsp3) is 0.286. The highest BCUT2D eigenvalue weighted by molar-refractivity contribution is 5.96. The first-order valence-corrected chi connectivity index (χ1v) is 6.01. The van der Waals surface area contributed by atoms with Crippen LogP contribution < -0.4 is 28.0 Å². The van der Waals surface area contributed by atoms with Gasteiger partial charge in [0.05, 0.1) is 11.1 Å². The molecule has 0 bridgehead atoms. The summed E-state index contributed by atoms with van der Waals surface area (Å²) in [6, 6.07) is 7.73. The number of amides is 1. The van der Waals surface area contributed by atoms with Gasteiger partial charge >= 0.3 is 0 Å². The molecule has 19 heavy (non-hydrogen) atoms. The third-order valence-corrected chi connectivity index (χ3v) is 3.17. The van der Waals surface area contributed by atoms with Gasteiger partial charge in [-0.05, 0) is 12.1 Å². The highest BCUT2D eigenvalue weighted by Gasteiger charge is 2.12. The number of carbonyl (C=O) groups excluding carboxylic acids is 1. The Kier molecular flexibility index (Phi) is 4.72. The molecule has 0 aliphatic carbocycles. The number of hydrogen-bond acceptors (Lipinski definition) is 2. The molecular formula is C14H18ClN3O. The van der Waals surface area contributed by atoms with Gasteiger partial charge in [0.2, 0.25) is 11.4 Å². The average molecular weight is 280 g/mol. The van der Waals surface area contributed by atoms with Crippen LogP contribution >= 0.6 is 0 Å². The molecule has 0 aliphatic heterocycles. The number of nitrogens with one attached hydrogen (secondary N) is 1. The fourth-order valence-electron chi connectivity index (χ4n) is 1.98. The topological polar surface area (TPSA) is 59.0 Å². The summed E-state index contributed by atoms with van der Waals surface area (Å²) in [5.41, 5.74) is 9.70. The standard InChI is InChI=1S/C14H17N3O.ClH/c1-4-14(18)16-10-5-6-13-11(8-10)12(15)7-9(2)17(13)3;/h5-8,15H,4H2,1-3H3,(H,16,18);1H. The number of hydrogen-bond donors (Lipinski definition) is 2. The first kappa shape index (κ1) is 15.2. The number of nitrogens with two attached hydrogens (primary N) is 1. The molecule has 1 aromatic carbocycles. The number of rotatable bonds is 2. The Hall–Kier alpha value is -1.81. The number of anilines is 2. The predicted molar refractivity (Wildman–Crippen MR) is 73.2 cm³/mol. The zero-order valence-electron chi connectivity index (χ0n) is 11.3. The first-order chi connectivity index (χ1) is 8.52. The number of benzene rings is 1. The smallest absolute Gasteiger partial charge is 0.224 e. The lowest BCUT2D eigenvalue weighted by atomic mass is 10.1. The van der Waals surface area contributed by atoms with Crippen molar-refractivity contribution < 1.29 is 21.8 Å². The second-order valence-electron chi connectivity index (χ2n) is 4.43. The van der Waals surface area contributed by atoms with Crippen LogP contribution in [0.3, 0.4) is 0 Å². The number of halogens is 1. The second kappa shape index (κ2) is 5.89. The summed E-state index contributed by atoms with van der Waals surface area (Å²) in [5.74, 6) is 0.00408. The Balaban J connectivity index is 0.00000180. The number of aromatic nitrogens is 1. The van der Waals surface area contributed by atoms with Crippen molar-refractivity contribution in [3.8, 4) is 0 Å². The van der Waals surface area contributed by atoms with Crippen molar-refractivity contribution in [2.75, 3.05) is 11.1 Å². The van der Waals surface area contributed by atoms with Gasteiger partial charge in [-0.2, -0.15) is 4.57 Å². The summed E-state index contributed by atoms with van der Waals surface area (Å²) >= 11 is 0. The van der Waals surface area contributed by atoms with Crippen LogP contribution in [0, 0.1) is 6.92 Å². The van der Waals surface area contributed by atoms with Crippen molar-refractivity contribution >= 4 is 28.2 Å². The summed E-state index contributed by atoms with van der Waals surface area (Å²) in [5, 5.41) is 3.80. The molecule has 2 aromatic rings. The van der Waals surface area contributed by atoms with Gasteiger partial charge in [-0.25, -0.2) is 0 Å². The minimum absolute atomic E-state index is 0. The van der Waals surface area contributed by atoms with Gasteiger partial charge < -0.3 is 23.5 Å². The van der Waals surface area contributed by atoms with E-state index in [0.29, 0.717) is 6.42 Å². The number of aryl methyl sites for hydroxylation is 2.